The lowest BCUT2D eigenvalue weighted by molar-refractivity contribution is -0.154. The van der Waals surface area contributed by atoms with Gasteiger partial charge in [0.25, 0.3) is 0 Å². The molecule has 0 spiro atoms. The number of nitrogens with one attached hydrogen (secondary N) is 1. The zero-order chi connectivity index (χ0) is 22.7. The highest BCUT2D eigenvalue weighted by Crippen LogP contribution is 2.48. The lowest BCUT2D eigenvalue weighted by atomic mass is 10.1. The number of carbonyl (C=O) groups is 2. The molecule has 0 fully saturated rings. The smallest absolute Gasteiger partial charge is 0.407 e. The van der Waals surface area contributed by atoms with E-state index in [0.717, 1.165) is 0 Å². The predicted octanol–water partition coefficient (Wildman–Crippen LogP) is 3.47. The van der Waals surface area contributed by atoms with E-state index in [9.17, 15) is 24.9 Å². The minimum atomic E-state index is -2.23. The maximum Gasteiger partial charge on any atom is 0.407 e. The largest absolute Gasteiger partial charge is 0.444 e. The van der Waals surface area contributed by atoms with Gasteiger partial charge in [-0.3, -0.25) is 0 Å². The molecule has 0 radical (unpaired) electrons. The summed E-state index contributed by atoms with van der Waals surface area (Å²) >= 11 is 29.3. The van der Waals surface area contributed by atoms with Crippen molar-refractivity contribution < 1.29 is 34.4 Å². The molecular weight excluding hydrogens is 495 g/mol. The van der Waals surface area contributed by atoms with Gasteiger partial charge < -0.3 is 30.1 Å². The molecule has 0 saturated carbocycles. The number of esters is 1. The van der Waals surface area contributed by atoms with E-state index in [1.165, 1.54) is 0 Å². The van der Waals surface area contributed by atoms with Gasteiger partial charge in [0, 0.05) is 6.54 Å². The number of aliphatic hydroxyl groups is 3. The maximum atomic E-state index is 12.1. The second kappa shape index (κ2) is 10.5. The number of carbonyl (C=O) groups excluding carboxylic acids is 2. The Hall–Kier alpha value is -0.710. The average molecular weight is 514 g/mol. The Morgan fingerprint density at radius 2 is 1.38 bits per heavy atom. The molecule has 1 amide bonds. The molecule has 164 valence electrons. The molecule has 0 aromatic heterocycles. The molecule has 0 unspecified atom stereocenters. The Morgan fingerprint density at radius 3 is 1.83 bits per heavy atom. The number of amides is 1. The van der Waals surface area contributed by atoms with Crippen molar-refractivity contribution in [2.75, 3.05) is 6.54 Å². The lowest BCUT2D eigenvalue weighted by Crippen LogP contribution is -2.49. The summed E-state index contributed by atoms with van der Waals surface area (Å²) in [6.07, 6.45) is -6.88. The second-order valence-electron chi connectivity index (χ2n) is 6.71. The Balaban J connectivity index is 2.80. The average Bonchev–Trinajstić information content (AvgIpc) is 2.63. The molecule has 0 aliphatic heterocycles. The van der Waals surface area contributed by atoms with Crippen LogP contribution in [0, 0.1) is 0 Å². The Kier molecular flexibility index (Phi) is 9.57. The Morgan fingerprint density at radius 1 is 0.931 bits per heavy atom. The third-order valence-electron chi connectivity index (χ3n) is 3.19. The van der Waals surface area contributed by atoms with Crippen LogP contribution in [0.5, 0.6) is 5.75 Å². The monoisotopic (exact) mass is 511 g/mol. The first kappa shape index (κ1) is 26.3. The maximum absolute atomic E-state index is 12.1. The topological polar surface area (TPSA) is 125 Å². The third-order valence-corrected chi connectivity index (χ3v) is 5.43. The fourth-order valence-corrected chi connectivity index (χ4v) is 3.01. The van der Waals surface area contributed by atoms with Crippen molar-refractivity contribution in [3.05, 3.63) is 25.1 Å². The molecule has 0 saturated heterocycles. The van der Waals surface area contributed by atoms with Gasteiger partial charge in [0.2, 0.25) is 0 Å². The van der Waals surface area contributed by atoms with E-state index in [2.05, 4.69) is 5.32 Å². The van der Waals surface area contributed by atoms with Gasteiger partial charge in [-0.1, -0.05) is 58.0 Å². The van der Waals surface area contributed by atoms with E-state index in [1.807, 2.05) is 0 Å². The lowest BCUT2D eigenvalue weighted by Gasteiger charge is -2.24. The summed E-state index contributed by atoms with van der Waals surface area (Å²) in [6.45, 7) is 4.36. The van der Waals surface area contributed by atoms with Gasteiger partial charge in [-0.15, -0.1) is 0 Å². The number of alkyl carbamates (subject to hydrolysis) is 1. The van der Waals surface area contributed by atoms with Gasteiger partial charge in [-0.25, -0.2) is 9.59 Å². The van der Waals surface area contributed by atoms with Gasteiger partial charge in [-0.2, -0.15) is 0 Å². The predicted molar refractivity (Wildman–Crippen MR) is 109 cm³/mol. The summed E-state index contributed by atoms with van der Waals surface area (Å²) in [6, 6.07) is 0. The fraction of sp³-hybridized carbons (Fsp3) is 0.500. The second-order valence-corrected chi connectivity index (χ2v) is 8.60. The minimum absolute atomic E-state index is 0.174. The van der Waals surface area contributed by atoms with Crippen molar-refractivity contribution in [2.24, 2.45) is 0 Å². The van der Waals surface area contributed by atoms with Crippen molar-refractivity contribution in [3.63, 3.8) is 0 Å². The summed E-state index contributed by atoms with van der Waals surface area (Å²) in [4.78, 5) is 23.7. The molecule has 0 bridgehead atoms. The Labute approximate surface area is 191 Å². The van der Waals surface area contributed by atoms with Crippen molar-refractivity contribution in [3.8, 4) is 5.75 Å². The number of hydrogen-bond donors (Lipinski definition) is 4. The molecule has 0 aliphatic carbocycles. The van der Waals surface area contributed by atoms with E-state index < -0.39 is 48.3 Å². The zero-order valence-corrected chi connectivity index (χ0v) is 19.1. The van der Waals surface area contributed by atoms with Crippen molar-refractivity contribution in [1.82, 2.24) is 5.32 Å². The van der Waals surface area contributed by atoms with Crippen LogP contribution in [0.2, 0.25) is 25.1 Å². The highest BCUT2D eigenvalue weighted by Gasteiger charge is 2.34. The van der Waals surface area contributed by atoms with Gasteiger partial charge >= 0.3 is 12.1 Å². The van der Waals surface area contributed by atoms with E-state index in [1.54, 1.807) is 20.8 Å². The number of aliphatic hydroxyl groups excluding tert-OH is 3. The van der Waals surface area contributed by atoms with Gasteiger partial charge in [0.15, 0.2) is 11.9 Å². The molecule has 1 aromatic rings. The molecule has 3 atom stereocenters. The first-order valence-electron chi connectivity index (χ1n) is 7.91. The molecule has 1 rings (SSSR count). The fourth-order valence-electron chi connectivity index (χ4n) is 1.81. The van der Waals surface area contributed by atoms with Gasteiger partial charge in [0.1, 0.15) is 27.9 Å². The van der Waals surface area contributed by atoms with Crippen LogP contribution in [-0.2, 0) is 9.53 Å². The van der Waals surface area contributed by atoms with Crippen LogP contribution >= 0.6 is 58.0 Å². The standard InChI is InChI=1S/C16H18Cl5NO7/c1-16(2,3)29-15(27)22-4-5(23)11(24)12(25)14(26)28-13-9(20)7(18)6(17)8(19)10(13)21/h5,11-12,23-25H,4H2,1-3H3,(H,22,27)/t5-,11+,12-/m1/s1. The quantitative estimate of drug-likeness (QED) is 0.199. The highest BCUT2D eigenvalue weighted by molar-refractivity contribution is 6.55. The first-order valence-corrected chi connectivity index (χ1v) is 9.80. The van der Waals surface area contributed by atoms with E-state index in [4.69, 9.17) is 67.5 Å². The van der Waals surface area contributed by atoms with Crippen LogP contribution in [0.15, 0.2) is 0 Å². The first-order chi connectivity index (χ1) is 13.2. The highest BCUT2D eigenvalue weighted by atomic mass is 35.5. The number of halogens is 5. The molecular formula is C16H18Cl5NO7. The summed E-state index contributed by atoms with van der Waals surface area (Å²) < 4.78 is 9.80. The molecule has 13 heteroatoms. The summed E-state index contributed by atoms with van der Waals surface area (Å²) in [5.74, 6) is -1.92. The SMILES string of the molecule is CC(C)(C)OC(=O)NC[C@@H](O)[C@H](O)[C@@H](O)C(=O)Oc1c(Cl)c(Cl)c(Cl)c(Cl)c1Cl. The van der Waals surface area contributed by atoms with E-state index in [0.29, 0.717) is 0 Å². The van der Waals surface area contributed by atoms with E-state index >= 15 is 0 Å². The number of rotatable bonds is 6. The normalized spacial score (nSPS) is 14.7. The number of ether oxygens (including phenoxy) is 2. The van der Waals surface area contributed by atoms with Crippen LogP contribution in [-0.4, -0.2) is 57.8 Å². The zero-order valence-electron chi connectivity index (χ0n) is 15.3. The van der Waals surface area contributed by atoms with E-state index in [-0.39, 0.29) is 25.1 Å². The Bertz CT molecular complexity index is 755. The molecule has 8 nitrogen and oxygen atoms in total. The molecule has 1 aromatic carbocycles. The van der Waals surface area contributed by atoms with Crippen LogP contribution in [0.4, 0.5) is 4.79 Å². The van der Waals surface area contributed by atoms with Crippen LogP contribution in [0.1, 0.15) is 20.8 Å². The van der Waals surface area contributed by atoms with Gasteiger partial charge in [0.05, 0.1) is 15.1 Å². The summed E-state index contributed by atoms with van der Waals surface area (Å²) in [5, 5.41) is 30.6. The third kappa shape index (κ3) is 7.18. The van der Waals surface area contributed by atoms with Crippen molar-refractivity contribution in [1.29, 1.82) is 0 Å². The van der Waals surface area contributed by atoms with Crippen LogP contribution in [0.3, 0.4) is 0 Å². The molecule has 4 N–H and O–H groups in total. The van der Waals surface area contributed by atoms with Gasteiger partial charge in [-0.05, 0) is 20.8 Å². The minimum Gasteiger partial charge on any atom is -0.444 e. The summed E-state index contributed by atoms with van der Waals surface area (Å²) in [7, 11) is 0. The number of hydrogen-bond acceptors (Lipinski definition) is 7. The van der Waals surface area contributed by atoms with Crippen LogP contribution < -0.4 is 10.1 Å². The molecule has 0 heterocycles. The summed E-state index contributed by atoms with van der Waals surface area (Å²) in [5.41, 5.74) is -0.781. The number of benzene rings is 1. The van der Waals surface area contributed by atoms with Crippen molar-refractivity contribution in [2.45, 2.75) is 44.7 Å². The molecule has 29 heavy (non-hydrogen) atoms. The van der Waals surface area contributed by atoms with Crippen LogP contribution in [0.25, 0.3) is 0 Å². The van der Waals surface area contributed by atoms with Crippen molar-refractivity contribution >= 4 is 70.1 Å². The molecule has 0 aliphatic rings.